The molecule has 0 heterocycles. The van der Waals surface area contributed by atoms with Gasteiger partial charge in [-0.3, -0.25) is 0 Å². The molecule has 0 aliphatic heterocycles. The predicted octanol–water partition coefficient (Wildman–Crippen LogP) is 5.83. The third kappa shape index (κ3) is 3.82. The maximum atomic E-state index is 6.49. The first-order valence-corrected chi connectivity index (χ1v) is 11.1. The molecule has 4 heteroatoms. The van der Waals surface area contributed by atoms with Crippen LogP contribution in [0.3, 0.4) is 0 Å². The van der Waals surface area contributed by atoms with Crippen molar-refractivity contribution in [1.82, 2.24) is 5.32 Å². The Kier molecular flexibility index (Phi) is 5.62. The predicted molar refractivity (Wildman–Crippen MR) is 111 cm³/mol. The van der Waals surface area contributed by atoms with Crippen molar-refractivity contribution in [3.8, 4) is 11.5 Å². The molecule has 0 aromatic heterocycles. The van der Waals surface area contributed by atoms with Gasteiger partial charge in [0.05, 0.1) is 18.7 Å². The first-order chi connectivity index (χ1) is 13.0. The summed E-state index contributed by atoms with van der Waals surface area (Å²) in [5, 5.41) is 4.48. The Morgan fingerprint density at radius 1 is 1.15 bits per heavy atom. The van der Waals surface area contributed by atoms with Crippen LogP contribution in [0.2, 0.25) is 5.02 Å². The molecular formula is C23H34ClNO2. The van der Waals surface area contributed by atoms with Gasteiger partial charge in [-0.15, -0.1) is 0 Å². The Morgan fingerprint density at radius 3 is 2.33 bits per heavy atom. The van der Waals surface area contributed by atoms with Gasteiger partial charge >= 0.3 is 0 Å². The molecule has 4 aliphatic rings. The van der Waals surface area contributed by atoms with E-state index in [1.807, 2.05) is 6.07 Å². The molecule has 5 rings (SSSR count). The number of hydrogen-bond donors (Lipinski definition) is 1. The molecule has 4 fully saturated rings. The smallest absolute Gasteiger partial charge is 0.179 e. The monoisotopic (exact) mass is 391 g/mol. The van der Waals surface area contributed by atoms with E-state index in [9.17, 15) is 0 Å². The zero-order chi connectivity index (χ0) is 19.0. The fourth-order valence-electron chi connectivity index (χ4n) is 6.41. The second-order valence-electron chi connectivity index (χ2n) is 9.34. The van der Waals surface area contributed by atoms with Gasteiger partial charge < -0.3 is 14.8 Å². The molecule has 4 bridgehead atoms. The normalized spacial score (nSPS) is 32.5. The zero-order valence-corrected chi connectivity index (χ0v) is 17.8. The van der Waals surface area contributed by atoms with Crippen LogP contribution in [0.4, 0.5) is 0 Å². The summed E-state index contributed by atoms with van der Waals surface area (Å²) in [5.41, 5.74) is 1.68. The van der Waals surface area contributed by atoms with Crippen molar-refractivity contribution in [2.24, 2.45) is 23.2 Å². The average molecular weight is 392 g/mol. The molecule has 1 atom stereocenters. The van der Waals surface area contributed by atoms with Crippen molar-refractivity contribution in [1.29, 1.82) is 0 Å². The Morgan fingerprint density at radius 2 is 1.78 bits per heavy atom. The molecule has 1 unspecified atom stereocenters. The molecule has 27 heavy (non-hydrogen) atoms. The van der Waals surface area contributed by atoms with Crippen LogP contribution in [0.25, 0.3) is 0 Å². The van der Waals surface area contributed by atoms with Gasteiger partial charge in [0.15, 0.2) is 11.5 Å². The van der Waals surface area contributed by atoms with Gasteiger partial charge in [0.1, 0.15) is 0 Å². The number of halogens is 1. The van der Waals surface area contributed by atoms with Gasteiger partial charge in [-0.1, -0.05) is 18.5 Å². The maximum Gasteiger partial charge on any atom is 0.179 e. The summed E-state index contributed by atoms with van der Waals surface area (Å²) >= 11 is 6.49. The number of rotatable bonds is 8. The summed E-state index contributed by atoms with van der Waals surface area (Å²) in [7, 11) is 1.68. The Labute approximate surface area is 169 Å². The quantitative estimate of drug-likeness (QED) is 0.604. The van der Waals surface area contributed by atoms with Gasteiger partial charge in [-0.2, -0.15) is 0 Å². The lowest BCUT2D eigenvalue weighted by molar-refractivity contribution is -0.0706. The van der Waals surface area contributed by atoms with Crippen molar-refractivity contribution >= 4 is 11.6 Å². The molecule has 1 N–H and O–H groups in total. The van der Waals surface area contributed by atoms with E-state index in [-0.39, 0.29) is 0 Å². The fraction of sp³-hybridized carbons (Fsp3) is 0.739. The zero-order valence-electron chi connectivity index (χ0n) is 17.0. The van der Waals surface area contributed by atoms with Crippen molar-refractivity contribution in [2.75, 3.05) is 13.7 Å². The first-order valence-electron chi connectivity index (χ1n) is 10.8. The molecular weight excluding hydrogens is 358 g/mol. The molecule has 1 aromatic carbocycles. The van der Waals surface area contributed by atoms with Crippen LogP contribution >= 0.6 is 11.6 Å². The highest BCUT2D eigenvalue weighted by atomic mass is 35.5. The number of nitrogens with one attached hydrogen (secondary N) is 1. The van der Waals surface area contributed by atoms with Crippen LogP contribution in [0.1, 0.15) is 64.4 Å². The van der Waals surface area contributed by atoms with E-state index in [2.05, 4.69) is 25.2 Å². The molecule has 0 spiro atoms. The number of ether oxygens (including phenoxy) is 2. The second kappa shape index (κ2) is 7.83. The topological polar surface area (TPSA) is 30.5 Å². The lowest BCUT2D eigenvalue weighted by Crippen LogP contribution is -2.54. The van der Waals surface area contributed by atoms with E-state index in [1.165, 1.54) is 38.5 Å². The third-order valence-corrected chi connectivity index (χ3v) is 7.64. The first kappa shape index (κ1) is 19.4. The van der Waals surface area contributed by atoms with Gasteiger partial charge in [0, 0.05) is 12.6 Å². The van der Waals surface area contributed by atoms with E-state index >= 15 is 0 Å². The summed E-state index contributed by atoms with van der Waals surface area (Å²) < 4.78 is 11.3. The standard InChI is InChI=1S/C23H34ClNO2/c1-4-5-27-22-20(24)9-19(10-21(22)26-3)14-25-15(2)23-11-16-6-17(12-23)8-18(7-16)13-23/h9-10,15-18,25H,4-8,11-14H2,1-3H3. The van der Waals surface area contributed by atoms with E-state index in [4.69, 9.17) is 21.1 Å². The molecule has 0 saturated heterocycles. The van der Waals surface area contributed by atoms with Gasteiger partial charge in [0.25, 0.3) is 0 Å². The van der Waals surface area contributed by atoms with Gasteiger partial charge in [-0.25, -0.2) is 0 Å². The highest BCUT2D eigenvalue weighted by molar-refractivity contribution is 6.32. The van der Waals surface area contributed by atoms with Crippen molar-refractivity contribution in [2.45, 2.75) is 71.4 Å². The molecule has 150 valence electrons. The van der Waals surface area contributed by atoms with Crippen LogP contribution in [0.5, 0.6) is 11.5 Å². The van der Waals surface area contributed by atoms with E-state index in [0.717, 1.165) is 42.0 Å². The van der Waals surface area contributed by atoms with Crippen molar-refractivity contribution in [3.05, 3.63) is 22.7 Å². The van der Waals surface area contributed by atoms with Gasteiger partial charge in [-0.05, 0) is 92.7 Å². The van der Waals surface area contributed by atoms with Crippen LogP contribution in [0, 0.1) is 23.2 Å². The highest BCUT2D eigenvalue weighted by Gasteiger charge is 2.52. The molecule has 0 amide bonds. The molecule has 3 nitrogen and oxygen atoms in total. The number of hydrogen-bond acceptors (Lipinski definition) is 3. The lowest BCUT2D eigenvalue weighted by Gasteiger charge is -2.59. The minimum absolute atomic E-state index is 0.521. The molecule has 4 aliphatic carbocycles. The Balaban J connectivity index is 1.43. The van der Waals surface area contributed by atoms with Crippen LogP contribution < -0.4 is 14.8 Å². The summed E-state index contributed by atoms with van der Waals surface area (Å²) in [5.74, 6) is 4.37. The van der Waals surface area contributed by atoms with Crippen molar-refractivity contribution in [3.63, 3.8) is 0 Å². The minimum atomic E-state index is 0.521. The fourth-order valence-corrected chi connectivity index (χ4v) is 6.70. The van der Waals surface area contributed by atoms with E-state index in [1.54, 1.807) is 7.11 Å². The third-order valence-electron chi connectivity index (χ3n) is 7.36. The molecule has 4 saturated carbocycles. The maximum absolute atomic E-state index is 6.49. The van der Waals surface area contributed by atoms with Crippen LogP contribution in [-0.2, 0) is 6.54 Å². The van der Waals surface area contributed by atoms with Crippen LogP contribution in [-0.4, -0.2) is 19.8 Å². The van der Waals surface area contributed by atoms with Crippen LogP contribution in [0.15, 0.2) is 12.1 Å². The summed E-state index contributed by atoms with van der Waals surface area (Å²) in [6.07, 6.45) is 9.74. The van der Waals surface area contributed by atoms with E-state index in [0.29, 0.717) is 28.8 Å². The molecule has 1 aromatic rings. The highest BCUT2D eigenvalue weighted by Crippen LogP contribution is 2.61. The van der Waals surface area contributed by atoms with Crippen molar-refractivity contribution < 1.29 is 9.47 Å². The SMILES string of the molecule is CCCOc1c(Cl)cc(CNC(C)C23CC4CC(CC(C4)C2)C3)cc1OC. The Hall–Kier alpha value is -0.930. The lowest BCUT2D eigenvalue weighted by atomic mass is 9.48. The average Bonchev–Trinajstić information content (AvgIpc) is 2.63. The minimum Gasteiger partial charge on any atom is -0.493 e. The Bertz CT molecular complexity index is 639. The summed E-state index contributed by atoms with van der Waals surface area (Å²) in [4.78, 5) is 0. The van der Waals surface area contributed by atoms with Gasteiger partial charge in [0.2, 0.25) is 0 Å². The molecule has 0 radical (unpaired) electrons. The number of benzene rings is 1. The number of methoxy groups -OCH3 is 1. The second-order valence-corrected chi connectivity index (χ2v) is 9.75. The largest absolute Gasteiger partial charge is 0.493 e. The summed E-state index contributed by atoms with van der Waals surface area (Å²) in [6, 6.07) is 4.64. The van der Waals surface area contributed by atoms with E-state index < -0.39 is 0 Å². The summed E-state index contributed by atoms with van der Waals surface area (Å²) in [6.45, 7) is 5.97.